The van der Waals surface area contributed by atoms with E-state index in [1.165, 1.54) is 34.2 Å². The van der Waals surface area contributed by atoms with Gasteiger partial charge in [-0.2, -0.15) is 0 Å². The molecule has 2 aromatic heterocycles. The SMILES string of the molecule is O=C(CSc1nc2ccccc2s1)Nc1nc(-c2ccc(-c3ccccc3)cc2)cs1. The van der Waals surface area contributed by atoms with Crippen molar-refractivity contribution < 1.29 is 4.79 Å². The smallest absolute Gasteiger partial charge is 0.236 e. The molecule has 0 aliphatic rings. The van der Waals surface area contributed by atoms with Gasteiger partial charge in [-0.1, -0.05) is 78.5 Å². The Kier molecular flexibility index (Phi) is 5.80. The van der Waals surface area contributed by atoms with Gasteiger partial charge in [0, 0.05) is 10.9 Å². The maximum Gasteiger partial charge on any atom is 0.236 e. The second-order valence-corrected chi connectivity index (χ2v) is 9.88. The van der Waals surface area contributed by atoms with Gasteiger partial charge in [-0.25, -0.2) is 9.97 Å². The first kappa shape index (κ1) is 19.9. The second-order valence-electron chi connectivity index (χ2n) is 6.77. The zero-order valence-electron chi connectivity index (χ0n) is 16.3. The molecule has 0 saturated carbocycles. The van der Waals surface area contributed by atoms with Crippen LogP contribution in [-0.4, -0.2) is 21.6 Å². The first-order valence-electron chi connectivity index (χ1n) is 9.64. The third-order valence-corrected chi connectivity index (χ3v) is 7.58. The lowest BCUT2D eigenvalue weighted by Crippen LogP contribution is -2.13. The molecule has 3 aromatic carbocycles. The Hall–Kier alpha value is -3.00. The third-order valence-electron chi connectivity index (χ3n) is 4.64. The Balaban J connectivity index is 1.20. The van der Waals surface area contributed by atoms with Gasteiger partial charge in [0.2, 0.25) is 5.91 Å². The summed E-state index contributed by atoms with van der Waals surface area (Å²) in [6.07, 6.45) is 0. The van der Waals surface area contributed by atoms with Crippen LogP contribution in [0.5, 0.6) is 0 Å². The van der Waals surface area contributed by atoms with E-state index >= 15 is 0 Å². The van der Waals surface area contributed by atoms with Gasteiger partial charge in [0.15, 0.2) is 9.47 Å². The van der Waals surface area contributed by atoms with Gasteiger partial charge in [0.05, 0.1) is 21.7 Å². The third kappa shape index (κ3) is 4.69. The van der Waals surface area contributed by atoms with Crippen molar-refractivity contribution in [2.45, 2.75) is 4.34 Å². The average molecular weight is 460 g/mol. The molecule has 0 bridgehead atoms. The van der Waals surface area contributed by atoms with Crippen molar-refractivity contribution in [3.8, 4) is 22.4 Å². The van der Waals surface area contributed by atoms with Gasteiger partial charge in [-0.15, -0.1) is 22.7 Å². The molecule has 0 aliphatic carbocycles. The number of nitrogens with one attached hydrogen (secondary N) is 1. The Labute approximate surface area is 192 Å². The minimum Gasteiger partial charge on any atom is -0.301 e. The number of rotatable bonds is 6. The van der Waals surface area contributed by atoms with Crippen molar-refractivity contribution in [2.24, 2.45) is 0 Å². The Morgan fingerprint density at radius 3 is 2.35 bits per heavy atom. The van der Waals surface area contributed by atoms with Crippen LogP contribution in [0.4, 0.5) is 5.13 Å². The predicted octanol–water partition coefficient (Wildman–Crippen LogP) is 6.82. The number of anilines is 1. The van der Waals surface area contributed by atoms with E-state index in [2.05, 4.69) is 51.7 Å². The first-order chi connectivity index (χ1) is 15.2. The summed E-state index contributed by atoms with van der Waals surface area (Å²) in [5.74, 6) is 0.227. The van der Waals surface area contributed by atoms with Gasteiger partial charge in [0.25, 0.3) is 0 Å². The number of carbonyl (C=O) groups is 1. The van der Waals surface area contributed by atoms with Crippen molar-refractivity contribution in [1.29, 1.82) is 0 Å². The number of aromatic nitrogens is 2. The van der Waals surface area contributed by atoms with E-state index in [0.29, 0.717) is 10.9 Å². The van der Waals surface area contributed by atoms with E-state index in [4.69, 9.17) is 0 Å². The van der Waals surface area contributed by atoms with Gasteiger partial charge >= 0.3 is 0 Å². The highest BCUT2D eigenvalue weighted by atomic mass is 32.2. The predicted molar refractivity (Wildman–Crippen MR) is 132 cm³/mol. The molecule has 4 nitrogen and oxygen atoms in total. The highest BCUT2D eigenvalue weighted by molar-refractivity contribution is 8.01. The molecule has 1 N–H and O–H groups in total. The molecule has 7 heteroatoms. The molecular weight excluding hydrogens is 442 g/mol. The van der Waals surface area contributed by atoms with Crippen LogP contribution < -0.4 is 5.32 Å². The van der Waals surface area contributed by atoms with Crippen molar-refractivity contribution in [2.75, 3.05) is 11.1 Å². The van der Waals surface area contributed by atoms with Crippen molar-refractivity contribution >= 4 is 55.7 Å². The van der Waals surface area contributed by atoms with Crippen molar-refractivity contribution in [1.82, 2.24) is 9.97 Å². The lowest BCUT2D eigenvalue weighted by Gasteiger charge is -2.03. The van der Waals surface area contributed by atoms with Crippen molar-refractivity contribution in [3.05, 3.63) is 84.2 Å². The number of nitrogens with zero attached hydrogens (tertiary/aromatic N) is 2. The highest BCUT2D eigenvalue weighted by Crippen LogP contribution is 2.30. The summed E-state index contributed by atoms with van der Waals surface area (Å²) < 4.78 is 2.03. The van der Waals surface area contributed by atoms with Crippen LogP contribution in [0, 0.1) is 0 Å². The number of benzene rings is 3. The molecular formula is C24H17N3OS3. The molecule has 5 aromatic rings. The van der Waals surface area contributed by atoms with Crippen LogP contribution in [0.15, 0.2) is 88.6 Å². The summed E-state index contributed by atoms with van der Waals surface area (Å²) in [7, 11) is 0. The fraction of sp³-hybridized carbons (Fsp3) is 0.0417. The molecule has 2 heterocycles. The van der Waals surface area contributed by atoms with Crippen LogP contribution in [0.3, 0.4) is 0 Å². The number of hydrogen-bond donors (Lipinski definition) is 1. The molecule has 31 heavy (non-hydrogen) atoms. The normalized spacial score (nSPS) is 11.0. The van der Waals surface area contributed by atoms with E-state index in [-0.39, 0.29) is 5.91 Å². The van der Waals surface area contributed by atoms with Crippen molar-refractivity contribution in [3.63, 3.8) is 0 Å². The zero-order valence-corrected chi connectivity index (χ0v) is 18.8. The Bertz CT molecular complexity index is 1290. The fourth-order valence-corrected chi connectivity index (χ4v) is 5.73. The summed E-state index contributed by atoms with van der Waals surface area (Å²) in [5.41, 5.74) is 5.21. The molecule has 0 fully saturated rings. The molecule has 0 radical (unpaired) electrons. The fourth-order valence-electron chi connectivity index (χ4n) is 3.12. The number of para-hydroxylation sites is 1. The molecule has 0 aliphatic heterocycles. The molecule has 0 unspecified atom stereocenters. The molecule has 5 rings (SSSR count). The minimum absolute atomic E-state index is 0.0791. The first-order valence-corrected chi connectivity index (χ1v) is 12.3. The maximum absolute atomic E-state index is 12.4. The number of carbonyl (C=O) groups excluding carboxylic acids is 1. The summed E-state index contributed by atoms with van der Waals surface area (Å²) in [6.45, 7) is 0. The van der Waals surface area contributed by atoms with Crippen LogP contribution in [0.2, 0.25) is 0 Å². The number of fused-ring (bicyclic) bond motifs is 1. The van der Waals surface area contributed by atoms with E-state index in [1.54, 1.807) is 11.3 Å². The standard InChI is InChI=1S/C24H17N3OS3/c28-22(15-30-24-26-19-8-4-5-9-21(19)31-24)27-23-25-20(14-29-23)18-12-10-17(11-13-18)16-6-2-1-3-7-16/h1-14H,15H2,(H,25,27,28). The number of amides is 1. The lowest BCUT2D eigenvalue weighted by atomic mass is 10.0. The van der Waals surface area contributed by atoms with Gasteiger partial charge in [-0.3, -0.25) is 4.79 Å². The zero-order chi connectivity index (χ0) is 21.0. The Morgan fingerprint density at radius 2 is 1.55 bits per heavy atom. The number of thiazole rings is 2. The second kappa shape index (κ2) is 9.01. The average Bonchev–Trinajstić information content (AvgIpc) is 3.45. The molecule has 0 spiro atoms. The minimum atomic E-state index is -0.0791. The maximum atomic E-state index is 12.4. The van der Waals surface area contributed by atoms with E-state index in [9.17, 15) is 4.79 Å². The van der Waals surface area contributed by atoms with Gasteiger partial charge in [-0.05, 0) is 23.3 Å². The van der Waals surface area contributed by atoms with E-state index in [1.807, 2.05) is 47.8 Å². The van der Waals surface area contributed by atoms with Gasteiger partial charge < -0.3 is 5.32 Å². The number of thioether (sulfide) groups is 1. The highest BCUT2D eigenvalue weighted by Gasteiger charge is 2.11. The largest absolute Gasteiger partial charge is 0.301 e. The summed E-state index contributed by atoms with van der Waals surface area (Å²) in [6, 6.07) is 26.6. The lowest BCUT2D eigenvalue weighted by molar-refractivity contribution is -0.113. The van der Waals surface area contributed by atoms with E-state index in [0.717, 1.165) is 25.8 Å². The molecule has 0 atom stereocenters. The van der Waals surface area contributed by atoms with Crippen LogP contribution in [0.1, 0.15) is 0 Å². The van der Waals surface area contributed by atoms with Crippen LogP contribution >= 0.6 is 34.4 Å². The van der Waals surface area contributed by atoms with Crippen LogP contribution in [0.25, 0.3) is 32.6 Å². The monoisotopic (exact) mass is 459 g/mol. The summed E-state index contributed by atoms with van der Waals surface area (Å²) in [5, 5.41) is 5.47. The summed E-state index contributed by atoms with van der Waals surface area (Å²) >= 11 is 4.49. The molecule has 1 amide bonds. The molecule has 0 saturated heterocycles. The molecule has 152 valence electrons. The topological polar surface area (TPSA) is 54.9 Å². The number of hydrogen-bond acceptors (Lipinski definition) is 6. The van der Waals surface area contributed by atoms with Gasteiger partial charge in [0.1, 0.15) is 0 Å². The quantitative estimate of drug-likeness (QED) is 0.283. The van der Waals surface area contributed by atoms with E-state index < -0.39 is 0 Å². The van der Waals surface area contributed by atoms with Crippen LogP contribution in [-0.2, 0) is 4.79 Å². The summed E-state index contributed by atoms with van der Waals surface area (Å²) in [4.78, 5) is 21.5. The Morgan fingerprint density at radius 1 is 0.839 bits per heavy atom.